The van der Waals surface area contributed by atoms with Crippen LogP contribution in [0.2, 0.25) is 0 Å². The molecule has 1 fully saturated rings. The van der Waals surface area contributed by atoms with E-state index in [-0.39, 0.29) is 17.4 Å². The first-order valence-electron chi connectivity index (χ1n) is 7.12. The number of aromatic carboxylic acids is 1. The van der Waals surface area contributed by atoms with Crippen LogP contribution in [0, 0.1) is 11.3 Å². The number of amides is 1. The Labute approximate surface area is 124 Å². The Bertz CT molecular complexity index is 537. The van der Waals surface area contributed by atoms with Crippen LogP contribution >= 0.6 is 0 Å². The van der Waals surface area contributed by atoms with Gasteiger partial charge in [-0.1, -0.05) is 13.8 Å². The Kier molecular flexibility index (Phi) is 4.57. The molecule has 0 aliphatic carbocycles. The molecule has 6 nitrogen and oxygen atoms in total. The third kappa shape index (κ3) is 3.58. The number of rotatable bonds is 4. The maximum absolute atomic E-state index is 12.5. The molecule has 1 saturated heterocycles. The molecular weight excluding hydrogens is 270 g/mol. The first-order chi connectivity index (χ1) is 9.91. The van der Waals surface area contributed by atoms with Crippen molar-refractivity contribution < 1.29 is 14.7 Å². The number of nitrogens with zero attached hydrogens (tertiary/aromatic N) is 1. The van der Waals surface area contributed by atoms with Crippen molar-refractivity contribution in [3.05, 3.63) is 24.0 Å². The molecule has 0 aromatic carbocycles. The van der Waals surface area contributed by atoms with E-state index < -0.39 is 11.4 Å². The summed E-state index contributed by atoms with van der Waals surface area (Å²) in [6, 6.07) is 1.42. The van der Waals surface area contributed by atoms with E-state index in [4.69, 9.17) is 5.11 Å². The highest BCUT2D eigenvalue weighted by molar-refractivity contribution is 5.96. The summed E-state index contributed by atoms with van der Waals surface area (Å²) in [6.07, 6.45) is 4.80. The van der Waals surface area contributed by atoms with Gasteiger partial charge >= 0.3 is 5.97 Å². The minimum atomic E-state index is -1.06. The lowest BCUT2D eigenvalue weighted by molar-refractivity contribution is -0.127. The summed E-state index contributed by atoms with van der Waals surface area (Å²) in [5.74, 6) is -0.906. The minimum absolute atomic E-state index is 0.0601. The number of piperidine rings is 1. The van der Waals surface area contributed by atoms with Crippen molar-refractivity contribution in [3.8, 4) is 0 Å². The summed E-state index contributed by atoms with van der Waals surface area (Å²) in [6.45, 7) is 5.68. The van der Waals surface area contributed by atoms with Gasteiger partial charge in [-0.05, 0) is 37.9 Å². The van der Waals surface area contributed by atoms with Crippen LogP contribution in [-0.4, -0.2) is 35.1 Å². The van der Waals surface area contributed by atoms with Crippen LogP contribution in [0.1, 0.15) is 37.0 Å². The molecule has 1 aromatic rings. The number of carbonyl (C=O) groups is 2. The Hall–Kier alpha value is -1.95. The van der Waals surface area contributed by atoms with Gasteiger partial charge in [-0.2, -0.15) is 0 Å². The average Bonchev–Trinajstić information content (AvgIpc) is 2.48. The SMILES string of the molecule is CC(C)(C(=O)Nc1cncc(C(=O)O)c1)C1CCCNC1. The van der Waals surface area contributed by atoms with Crippen LogP contribution in [0.25, 0.3) is 0 Å². The second kappa shape index (κ2) is 6.22. The summed E-state index contributed by atoms with van der Waals surface area (Å²) < 4.78 is 0. The zero-order chi connectivity index (χ0) is 15.5. The van der Waals surface area contributed by atoms with E-state index in [0.717, 1.165) is 25.9 Å². The van der Waals surface area contributed by atoms with Crippen LogP contribution in [0.4, 0.5) is 5.69 Å². The Balaban J connectivity index is 2.09. The zero-order valence-electron chi connectivity index (χ0n) is 12.3. The molecule has 21 heavy (non-hydrogen) atoms. The standard InChI is InChI=1S/C15H21N3O3/c1-15(2,11-4-3-5-16-8-11)14(21)18-12-6-10(13(19)20)7-17-9-12/h6-7,9,11,16H,3-5,8H2,1-2H3,(H,18,21)(H,19,20). The highest BCUT2D eigenvalue weighted by Gasteiger charge is 2.37. The van der Waals surface area contributed by atoms with E-state index >= 15 is 0 Å². The van der Waals surface area contributed by atoms with Crippen LogP contribution in [0.3, 0.4) is 0 Å². The molecule has 1 aliphatic rings. The van der Waals surface area contributed by atoms with E-state index in [2.05, 4.69) is 15.6 Å². The fourth-order valence-electron chi connectivity index (χ4n) is 2.57. The number of carbonyl (C=O) groups excluding carboxylic acids is 1. The van der Waals surface area contributed by atoms with E-state index in [1.54, 1.807) is 0 Å². The monoisotopic (exact) mass is 291 g/mol. The van der Waals surface area contributed by atoms with Gasteiger partial charge in [0, 0.05) is 11.6 Å². The van der Waals surface area contributed by atoms with Gasteiger partial charge in [0.05, 0.1) is 17.4 Å². The Morgan fingerprint density at radius 2 is 2.19 bits per heavy atom. The first kappa shape index (κ1) is 15.4. The van der Waals surface area contributed by atoms with Crippen molar-refractivity contribution in [2.45, 2.75) is 26.7 Å². The van der Waals surface area contributed by atoms with Crippen LogP contribution < -0.4 is 10.6 Å². The van der Waals surface area contributed by atoms with Crippen molar-refractivity contribution in [2.75, 3.05) is 18.4 Å². The van der Waals surface area contributed by atoms with Gasteiger partial charge in [-0.25, -0.2) is 4.79 Å². The molecule has 2 heterocycles. The number of hydrogen-bond acceptors (Lipinski definition) is 4. The second-order valence-corrected chi connectivity index (χ2v) is 5.99. The molecule has 1 amide bonds. The molecule has 3 N–H and O–H groups in total. The van der Waals surface area contributed by atoms with Crippen LogP contribution in [0.5, 0.6) is 0 Å². The fourth-order valence-corrected chi connectivity index (χ4v) is 2.57. The minimum Gasteiger partial charge on any atom is -0.478 e. The molecule has 6 heteroatoms. The van der Waals surface area contributed by atoms with Gasteiger partial charge in [-0.3, -0.25) is 9.78 Å². The van der Waals surface area contributed by atoms with Gasteiger partial charge in [0.2, 0.25) is 5.91 Å². The molecule has 114 valence electrons. The Morgan fingerprint density at radius 3 is 2.81 bits per heavy atom. The molecular formula is C15H21N3O3. The third-order valence-corrected chi connectivity index (χ3v) is 4.15. The lowest BCUT2D eigenvalue weighted by Crippen LogP contribution is -2.44. The predicted molar refractivity (Wildman–Crippen MR) is 79.2 cm³/mol. The number of pyridine rings is 1. The van der Waals surface area contributed by atoms with Crippen molar-refractivity contribution in [1.82, 2.24) is 10.3 Å². The molecule has 0 spiro atoms. The molecule has 0 radical (unpaired) electrons. The summed E-state index contributed by atoms with van der Waals surface area (Å²) >= 11 is 0. The molecule has 0 saturated carbocycles. The molecule has 1 unspecified atom stereocenters. The van der Waals surface area contributed by atoms with E-state index in [1.165, 1.54) is 18.5 Å². The number of aromatic nitrogens is 1. The maximum Gasteiger partial charge on any atom is 0.337 e. The van der Waals surface area contributed by atoms with E-state index in [1.807, 2.05) is 13.8 Å². The largest absolute Gasteiger partial charge is 0.478 e. The van der Waals surface area contributed by atoms with Crippen molar-refractivity contribution >= 4 is 17.6 Å². The van der Waals surface area contributed by atoms with E-state index in [9.17, 15) is 9.59 Å². The smallest absolute Gasteiger partial charge is 0.337 e. The quantitative estimate of drug-likeness (QED) is 0.786. The summed E-state index contributed by atoms with van der Waals surface area (Å²) in [5, 5.41) is 15.0. The lowest BCUT2D eigenvalue weighted by atomic mass is 9.74. The Morgan fingerprint density at radius 1 is 1.43 bits per heavy atom. The van der Waals surface area contributed by atoms with Gasteiger partial charge in [0.15, 0.2) is 0 Å². The normalized spacial score (nSPS) is 19.0. The third-order valence-electron chi connectivity index (χ3n) is 4.15. The van der Waals surface area contributed by atoms with Gasteiger partial charge in [-0.15, -0.1) is 0 Å². The van der Waals surface area contributed by atoms with Crippen molar-refractivity contribution in [1.29, 1.82) is 0 Å². The highest BCUT2D eigenvalue weighted by atomic mass is 16.4. The second-order valence-electron chi connectivity index (χ2n) is 5.99. The highest BCUT2D eigenvalue weighted by Crippen LogP contribution is 2.33. The number of anilines is 1. The average molecular weight is 291 g/mol. The zero-order valence-corrected chi connectivity index (χ0v) is 12.3. The molecule has 0 bridgehead atoms. The fraction of sp³-hybridized carbons (Fsp3) is 0.533. The summed E-state index contributed by atoms with van der Waals surface area (Å²) in [5.41, 5.74) is -0.0474. The molecule has 1 atom stereocenters. The van der Waals surface area contributed by atoms with Crippen LogP contribution in [-0.2, 0) is 4.79 Å². The number of carboxylic acids is 1. The number of nitrogens with one attached hydrogen (secondary N) is 2. The lowest BCUT2D eigenvalue weighted by Gasteiger charge is -2.36. The topological polar surface area (TPSA) is 91.3 Å². The summed E-state index contributed by atoms with van der Waals surface area (Å²) in [4.78, 5) is 27.3. The first-order valence-corrected chi connectivity index (χ1v) is 7.12. The molecule has 1 aromatic heterocycles. The number of hydrogen-bond donors (Lipinski definition) is 3. The van der Waals surface area contributed by atoms with Gasteiger partial charge in [0.25, 0.3) is 0 Å². The van der Waals surface area contributed by atoms with Crippen LogP contribution in [0.15, 0.2) is 18.5 Å². The predicted octanol–water partition coefficient (Wildman–Crippen LogP) is 1.74. The maximum atomic E-state index is 12.5. The van der Waals surface area contributed by atoms with Gasteiger partial charge < -0.3 is 15.7 Å². The molecule has 2 rings (SSSR count). The van der Waals surface area contributed by atoms with E-state index in [0.29, 0.717) is 5.69 Å². The number of carboxylic acid groups (broad SMARTS) is 1. The van der Waals surface area contributed by atoms with Crippen molar-refractivity contribution in [3.63, 3.8) is 0 Å². The molecule has 1 aliphatic heterocycles. The van der Waals surface area contributed by atoms with Crippen molar-refractivity contribution in [2.24, 2.45) is 11.3 Å². The van der Waals surface area contributed by atoms with Gasteiger partial charge in [0.1, 0.15) is 0 Å². The summed E-state index contributed by atoms with van der Waals surface area (Å²) in [7, 11) is 0.